The topological polar surface area (TPSA) is 65.4 Å². The number of nitrogens with one attached hydrogen (secondary N) is 1. The molecule has 1 amide bonds. The molecule has 0 saturated heterocycles. The third kappa shape index (κ3) is 3.03. The predicted molar refractivity (Wildman–Crippen MR) is 53.2 cm³/mol. The molecule has 6 nitrogen and oxygen atoms in total. The number of carbonyl (C=O) groups excluding carboxylic acids is 1. The Bertz CT molecular complexity index is 335. The fourth-order valence-electron chi connectivity index (χ4n) is 1.02. The Morgan fingerprint density at radius 1 is 1.60 bits per heavy atom. The van der Waals surface area contributed by atoms with Gasteiger partial charge in [0.1, 0.15) is 0 Å². The van der Waals surface area contributed by atoms with Crippen LogP contribution in [0.25, 0.3) is 0 Å². The molecule has 1 N–H and O–H groups in total. The molecule has 0 radical (unpaired) electrons. The first-order valence-electron chi connectivity index (χ1n) is 4.56. The zero-order valence-electron chi connectivity index (χ0n) is 9.11. The van der Waals surface area contributed by atoms with Gasteiger partial charge in [-0.2, -0.15) is 5.10 Å². The van der Waals surface area contributed by atoms with Gasteiger partial charge in [-0.3, -0.25) is 14.3 Å². The lowest BCUT2D eigenvalue weighted by Crippen LogP contribution is -2.25. The monoisotopic (exact) mass is 213 g/mol. The van der Waals surface area contributed by atoms with E-state index in [0.29, 0.717) is 18.8 Å². The van der Waals surface area contributed by atoms with Crippen LogP contribution in [0.1, 0.15) is 16.1 Å². The molecule has 0 aromatic carbocycles. The molecule has 0 saturated carbocycles. The summed E-state index contributed by atoms with van der Waals surface area (Å²) in [6.07, 6.45) is 1.50. The van der Waals surface area contributed by atoms with E-state index < -0.39 is 0 Å². The van der Waals surface area contributed by atoms with Crippen LogP contribution in [-0.4, -0.2) is 36.0 Å². The lowest BCUT2D eigenvalue weighted by Gasteiger charge is -2.04. The summed E-state index contributed by atoms with van der Waals surface area (Å²) in [6.45, 7) is 2.57. The molecule has 0 spiro atoms. The van der Waals surface area contributed by atoms with Gasteiger partial charge in [-0.1, -0.05) is 0 Å². The molecular weight excluding hydrogens is 198 g/mol. The van der Waals surface area contributed by atoms with Crippen molar-refractivity contribution in [2.75, 3.05) is 20.3 Å². The summed E-state index contributed by atoms with van der Waals surface area (Å²) in [7, 11) is 3.34. The molecule has 15 heavy (non-hydrogen) atoms. The molecule has 0 aliphatic heterocycles. The van der Waals surface area contributed by atoms with Gasteiger partial charge in [0.15, 0.2) is 0 Å². The van der Waals surface area contributed by atoms with Gasteiger partial charge in [0.25, 0.3) is 5.91 Å². The van der Waals surface area contributed by atoms with Crippen molar-refractivity contribution in [2.45, 2.75) is 6.92 Å². The van der Waals surface area contributed by atoms with Crippen LogP contribution in [0, 0.1) is 6.92 Å². The summed E-state index contributed by atoms with van der Waals surface area (Å²) >= 11 is 0. The van der Waals surface area contributed by atoms with Gasteiger partial charge in [-0.15, -0.1) is 0 Å². The Hall–Kier alpha value is -1.40. The van der Waals surface area contributed by atoms with E-state index in [1.807, 2.05) is 6.92 Å². The van der Waals surface area contributed by atoms with E-state index in [9.17, 15) is 4.79 Å². The maximum absolute atomic E-state index is 11.5. The van der Waals surface area contributed by atoms with Gasteiger partial charge in [0.05, 0.1) is 25.0 Å². The lowest BCUT2D eigenvalue weighted by molar-refractivity contribution is 0.00884. The van der Waals surface area contributed by atoms with Gasteiger partial charge in [-0.05, 0) is 6.92 Å². The number of ether oxygens (including phenoxy) is 1. The molecule has 0 aliphatic carbocycles. The Labute approximate surface area is 88.1 Å². The third-order valence-corrected chi connectivity index (χ3v) is 2.03. The van der Waals surface area contributed by atoms with E-state index in [1.165, 1.54) is 6.20 Å². The van der Waals surface area contributed by atoms with Crippen LogP contribution in [-0.2, 0) is 16.6 Å². The molecule has 1 aromatic heterocycles. The number of methoxy groups -OCH3 is 1. The van der Waals surface area contributed by atoms with Crippen molar-refractivity contribution in [1.82, 2.24) is 15.3 Å². The standard InChI is InChI=1S/C9H15N3O3/c1-7-8(6-10-12(7)2)9(13)11-15-5-4-14-3/h6H,4-5H2,1-3H3,(H,11,13). The smallest absolute Gasteiger partial charge is 0.278 e. The average Bonchev–Trinajstić information content (AvgIpc) is 2.55. The fraction of sp³-hybridized carbons (Fsp3) is 0.556. The number of rotatable bonds is 5. The third-order valence-electron chi connectivity index (χ3n) is 2.03. The lowest BCUT2D eigenvalue weighted by atomic mass is 10.2. The first-order chi connectivity index (χ1) is 7.16. The summed E-state index contributed by atoms with van der Waals surface area (Å²) < 4.78 is 6.39. The Balaban J connectivity index is 2.44. The van der Waals surface area contributed by atoms with Crippen LogP contribution in [0.4, 0.5) is 0 Å². The number of aryl methyl sites for hydroxylation is 1. The van der Waals surface area contributed by atoms with Crippen molar-refractivity contribution >= 4 is 5.91 Å². The van der Waals surface area contributed by atoms with Crippen LogP contribution < -0.4 is 5.48 Å². The van der Waals surface area contributed by atoms with Crippen molar-refractivity contribution in [3.63, 3.8) is 0 Å². The first kappa shape index (κ1) is 11.7. The molecule has 1 aromatic rings. The van der Waals surface area contributed by atoms with Gasteiger partial charge < -0.3 is 4.74 Å². The van der Waals surface area contributed by atoms with E-state index >= 15 is 0 Å². The second kappa shape index (κ2) is 5.47. The van der Waals surface area contributed by atoms with Crippen LogP contribution in [0.2, 0.25) is 0 Å². The molecule has 1 heterocycles. The van der Waals surface area contributed by atoms with E-state index in [2.05, 4.69) is 10.6 Å². The van der Waals surface area contributed by atoms with Crippen molar-refractivity contribution < 1.29 is 14.4 Å². The van der Waals surface area contributed by atoms with E-state index in [1.54, 1.807) is 18.8 Å². The Morgan fingerprint density at radius 2 is 2.33 bits per heavy atom. The van der Waals surface area contributed by atoms with E-state index in [4.69, 9.17) is 9.57 Å². The van der Waals surface area contributed by atoms with Gasteiger partial charge >= 0.3 is 0 Å². The summed E-state index contributed by atoms with van der Waals surface area (Å²) in [6, 6.07) is 0. The minimum Gasteiger partial charge on any atom is -0.382 e. The number of hydrogen-bond donors (Lipinski definition) is 1. The zero-order chi connectivity index (χ0) is 11.3. The average molecular weight is 213 g/mol. The van der Waals surface area contributed by atoms with Crippen LogP contribution in [0.5, 0.6) is 0 Å². The Morgan fingerprint density at radius 3 is 2.87 bits per heavy atom. The zero-order valence-corrected chi connectivity index (χ0v) is 9.11. The largest absolute Gasteiger partial charge is 0.382 e. The van der Waals surface area contributed by atoms with Gasteiger partial charge in [0, 0.05) is 19.9 Å². The highest BCUT2D eigenvalue weighted by Crippen LogP contribution is 2.04. The summed E-state index contributed by atoms with van der Waals surface area (Å²) in [4.78, 5) is 16.4. The second-order valence-electron chi connectivity index (χ2n) is 3.04. The maximum Gasteiger partial charge on any atom is 0.278 e. The van der Waals surface area contributed by atoms with E-state index in [-0.39, 0.29) is 5.91 Å². The maximum atomic E-state index is 11.5. The van der Waals surface area contributed by atoms with Crippen molar-refractivity contribution in [2.24, 2.45) is 7.05 Å². The molecule has 84 valence electrons. The van der Waals surface area contributed by atoms with Crippen LogP contribution in [0.3, 0.4) is 0 Å². The van der Waals surface area contributed by atoms with Crippen LogP contribution >= 0.6 is 0 Å². The fourth-order valence-corrected chi connectivity index (χ4v) is 1.02. The number of nitrogens with zero attached hydrogens (tertiary/aromatic N) is 2. The molecular formula is C9H15N3O3. The minimum atomic E-state index is -0.295. The predicted octanol–water partition coefficient (Wildman–Crippen LogP) is 0.0363. The Kier molecular flexibility index (Phi) is 4.26. The highest BCUT2D eigenvalue weighted by molar-refractivity contribution is 5.94. The molecule has 0 unspecified atom stereocenters. The van der Waals surface area contributed by atoms with Gasteiger partial charge in [0.2, 0.25) is 0 Å². The molecule has 0 atom stereocenters. The number of carbonyl (C=O) groups is 1. The number of amides is 1. The number of hydrogen-bond acceptors (Lipinski definition) is 4. The molecule has 0 bridgehead atoms. The molecule has 6 heteroatoms. The second-order valence-corrected chi connectivity index (χ2v) is 3.04. The number of hydroxylamine groups is 1. The molecule has 1 rings (SSSR count). The van der Waals surface area contributed by atoms with Gasteiger partial charge in [-0.25, -0.2) is 5.48 Å². The summed E-state index contributed by atoms with van der Waals surface area (Å²) in [5.41, 5.74) is 3.62. The minimum absolute atomic E-state index is 0.295. The SMILES string of the molecule is COCCONC(=O)c1cnn(C)c1C. The van der Waals surface area contributed by atoms with Crippen LogP contribution in [0.15, 0.2) is 6.20 Å². The molecule has 0 fully saturated rings. The number of aromatic nitrogens is 2. The summed E-state index contributed by atoms with van der Waals surface area (Å²) in [5, 5.41) is 3.96. The summed E-state index contributed by atoms with van der Waals surface area (Å²) in [5.74, 6) is -0.295. The van der Waals surface area contributed by atoms with Crippen molar-refractivity contribution in [3.8, 4) is 0 Å². The normalized spacial score (nSPS) is 10.3. The quantitative estimate of drug-likeness (QED) is 0.554. The molecule has 0 aliphatic rings. The van der Waals surface area contributed by atoms with E-state index in [0.717, 1.165) is 5.69 Å². The highest BCUT2D eigenvalue weighted by atomic mass is 16.7. The van der Waals surface area contributed by atoms with Crippen molar-refractivity contribution in [1.29, 1.82) is 0 Å². The van der Waals surface area contributed by atoms with Crippen molar-refractivity contribution in [3.05, 3.63) is 17.5 Å². The highest BCUT2D eigenvalue weighted by Gasteiger charge is 2.12. The first-order valence-corrected chi connectivity index (χ1v) is 4.56.